The number of fused-ring (bicyclic) bond motifs is 3. The fourth-order valence-electron chi connectivity index (χ4n) is 3.25. The van der Waals surface area contributed by atoms with Crippen LogP contribution in [0, 0.1) is 6.92 Å². The van der Waals surface area contributed by atoms with Gasteiger partial charge in [-0.25, -0.2) is 4.79 Å². The average molecular weight is 382 g/mol. The molecule has 1 aromatic carbocycles. The predicted molar refractivity (Wildman–Crippen MR) is 102 cm³/mol. The van der Waals surface area contributed by atoms with Gasteiger partial charge in [0.25, 0.3) is 11.5 Å². The summed E-state index contributed by atoms with van der Waals surface area (Å²) in [5.41, 5.74) is 6.54. The number of aryl methyl sites for hydroxylation is 2. The summed E-state index contributed by atoms with van der Waals surface area (Å²) in [6.07, 6.45) is 1.80. The first-order valence-electron chi connectivity index (χ1n) is 8.47. The largest absolute Gasteiger partial charge is 0.484 e. The van der Waals surface area contributed by atoms with Gasteiger partial charge in [-0.05, 0) is 31.2 Å². The van der Waals surface area contributed by atoms with E-state index in [9.17, 15) is 14.4 Å². The summed E-state index contributed by atoms with van der Waals surface area (Å²) in [7, 11) is 3.02. The number of carbonyl (C=O) groups is 1. The Balaban J connectivity index is 1.91. The van der Waals surface area contributed by atoms with Gasteiger partial charge >= 0.3 is 5.69 Å². The number of hydrogen-bond acceptors (Lipinski definition) is 5. The van der Waals surface area contributed by atoms with Crippen LogP contribution in [-0.4, -0.2) is 35.6 Å². The van der Waals surface area contributed by atoms with Crippen LogP contribution >= 0.6 is 0 Å². The van der Waals surface area contributed by atoms with Crippen molar-refractivity contribution in [3.8, 4) is 11.4 Å². The molecule has 0 aliphatic rings. The monoisotopic (exact) mass is 382 g/mol. The predicted octanol–water partition coefficient (Wildman–Crippen LogP) is -0.152. The lowest BCUT2D eigenvalue weighted by molar-refractivity contribution is -0.119. The molecule has 0 bridgehead atoms. The summed E-state index contributed by atoms with van der Waals surface area (Å²) in [4.78, 5) is 40.2. The van der Waals surface area contributed by atoms with Crippen molar-refractivity contribution in [3.63, 3.8) is 0 Å². The first-order valence-corrected chi connectivity index (χ1v) is 8.47. The lowest BCUT2D eigenvalue weighted by atomic mass is 10.3. The Labute approximate surface area is 158 Å². The van der Waals surface area contributed by atoms with Gasteiger partial charge in [0.2, 0.25) is 5.78 Å². The second-order valence-corrected chi connectivity index (χ2v) is 6.51. The van der Waals surface area contributed by atoms with Crippen LogP contribution in [0.15, 0.2) is 40.1 Å². The topological polar surface area (TPSA) is 119 Å². The number of carbonyl (C=O) groups excluding carboxylic acids is 1. The van der Waals surface area contributed by atoms with Crippen molar-refractivity contribution in [2.45, 2.75) is 6.92 Å². The van der Waals surface area contributed by atoms with Crippen LogP contribution in [0.2, 0.25) is 0 Å². The highest BCUT2D eigenvalue weighted by molar-refractivity contribution is 5.76. The van der Waals surface area contributed by atoms with Crippen molar-refractivity contribution in [3.05, 3.63) is 57.0 Å². The van der Waals surface area contributed by atoms with E-state index in [2.05, 4.69) is 4.98 Å². The molecule has 1 amide bonds. The molecule has 4 aromatic rings. The fourth-order valence-corrected chi connectivity index (χ4v) is 3.25. The van der Waals surface area contributed by atoms with Crippen molar-refractivity contribution < 1.29 is 9.53 Å². The molecule has 0 saturated heterocycles. The Morgan fingerprint density at radius 3 is 2.46 bits per heavy atom. The summed E-state index contributed by atoms with van der Waals surface area (Å²) >= 11 is 0. The summed E-state index contributed by atoms with van der Waals surface area (Å²) < 4.78 is 11.2. The number of amides is 1. The van der Waals surface area contributed by atoms with Gasteiger partial charge in [-0.2, -0.15) is 4.98 Å². The van der Waals surface area contributed by atoms with E-state index in [1.165, 1.54) is 11.6 Å². The maximum Gasteiger partial charge on any atom is 0.332 e. The SMILES string of the molecule is Cc1cn2c3c(=O)n(C)c(=O)n(C)c3nc2n1-c1ccc(OCC(N)=O)cc1. The van der Waals surface area contributed by atoms with Crippen molar-refractivity contribution in [2.24, 2.45) is 19.8 Å². The van der Waals surface area contributed by atoms with Crippen LogP contribution in [-0.2, 0) is 18.9 Å². The normalized spacial score (nSPS) is 11.4. The van der Waals surface area contributed by atoms with E-state index in [4.69, 9.17) is 10.5 Å². The van der Waals surface area contributed by atoms with Crippen LogP contribution in [0.1, 0.15) is 5.69 Å². The number of hydrogen-bond donors (Lipinski definition) is 1. The third kappa shape index (κ3) is 2.49. The molecule has 28 heavy (non-hydrogen) atoms. The van der Waals surface area contributed by atoms with Gasteiger partial charge in [-0.1, -0.05) is 0 Å². The van der Waals surface area contributed by atoms with E-state index in [0.29, 0.717) is 22.7 Å². The number of aromatic nitrogens is 5. The molecule has 144 valence electrons. The van der Waals surface area contributed by atoms with Gasteiger partial charge in [0, 0.05) is 31.7 Å². The van der Waals surface area contributed by atoms with Gasteiger partial charge in [0.15, 0.2) is 17.8 Å². The third-order valence-electron chi connectivity index (χ3n) is 4.62. The van der Waals surface area contributed by atoms with Gasteiger partial charge in [0.1, 0.15) is 5.75 Å². The minimum atomic E-state index is -0.552. The molecule has 0 aliphatic heterocycles. The first kappa shape index (κ1) is 17.6. The standard InChI is InChI=1S/C18H18N6O4/c1-10-8-23-14-15(21(2)18(27)22(3)16(14)26)20-17(23)24(10)11-4-6-12(7-5-11)28-9-13(19)25/h4-8H,9H2,1-3H3,(H2,19,25). The summed E-state index contributed by atoms with van der Waals surface area (Å²) in [6, 6.07) is 7.04. The number of primary amides is 1. The molecule has 0 unspecified atom stereocenters. The average Bonchev–Trinajstić information content (AvgIpc) is 3.18. The molecule has 0 fully saturated rings. The summed E-state index contributed by atoms with van der Waals surface area (Å²) in [6.45, 7) is 1.69. The number of ether oxygens (including phenoxy) is 1. The number of nitrogens with zero attached hydrogens (tertiary/aromatic N) is 5. The number of imidazole rings is 2. The fraction of sp³-hybridized carbons (Fsp3) is 0.222. The molecule has 0 spiro atoms. The molecule has 2 N–H and O–H groups in total. The van der Waals surface area contributed by atoms with E-state index in [1.54, 1.807) is 41.9 Å². The lowest BCUT2D eigenvalue weighted by Gasteiger charge is -2.08. The van der Waals surface area contributed by atoms with E-state index in [-0.39, 0.29) is 6.61 Å². The van der Waals surface area contributed by atoms with Crippen LogP contribution in [0.5, 0.6) is 5.75 Å². The Morgan fingerprint density at radius 2 is 1.82 bits per heavy atom. The molecular formula is C18H18N6O4. The maximum absolute atomic E-state index is 12.6. The highest BCUT2D eigenvalue weighted by Crippen LogP contribution is 2.22. The second-order valence-electron chi connectivity index (χ2n) is 6.51. The quantitative estimate of drug-likeness (QED) is 0.526. The smallest absolute Gasteiger partial charge is 0.332 e. The Bertz CT molecular complexity index is 1350. The zero-order chi connectivity index (χ0) is 20.2. The third-order valence-corrected chi connectivity index (χ3v) is 4.62. The molecule has 3 aromatic heterocycles. The molecule has 0 atom stereocenters. The van der Waals surface area contributed by atoms with Crippen molar-refractivity contribution in [2.75, 3.05) is 6.61 Å². The lowest BCUT2D eigenvalue weighted by Crippen LogP contribution is -2.37. The van der Waals surface area contributed by atoms with Crippen molar-refractivity contribution >= 4 is 22.8 Å². The van der Waals surface area contributed by atoms with Gasteiger partial charge in [0.05, 0.1) is 0 Å². The van der Waals surface area contributed by atoms with Crippen LogP contribution in [0.3, 0.4) is 0 Å². The first-order chi connectivity index (χ1) is 13.3. The van der Waals surface area contributed by atoms with Crippen LogP contribution in [0.25, 0.3) is 22.6 Å². The Hall–Kier alpha value is -3.82. The van der Waals surface area contributed by atoms with Crippen LogP contribution in [0.4, 0.5) is 0 Å². The Kier molecular flexibility index (Phi) is 3.84. The molecule has 0 saturated carbocycles. The number of benzene rings is 1. The van der Waals surface area contributed by atoms with Crippen LogP contribution < -0.4 is 21.7 Å². The molecule has 10 nitrogen and oxygen atoms in total. The number of nitrogens with two attached hydrogens (primary N) is 1. The van der Waals surface area contributed by atoms with Gasteiger partial charge in [-0.15, -0.1) is 0 Å². The zero-order valence-electron chi connectivity index (χ0n) is 15.5. The summed E-state index contributed by atoms with van der Waals surface area (Å²) in [5, 5.41) is 0. The van der Waals surface area contributed by atoms with E-state index in [1.807, 2.05) is 11.5 Å². The maximum atomic E-state index is 12.6. The summed E-state index contributed by atoms with van der Waals surface area (Å²) in [5.74, 6) is 0.466. The van der Waals surface area contributed by atoms with E-state index < -0.39 is 17.2 Å². The molecular weight excluding hydrogens is 364 g/mol. The highest BCUT2D eigenvalue weighted by Gasteiger charge is 2.19. The van der Waals surface area contributed by atoms with E-state index >= 15 is 0 Å². The number of rotatable bonds is 4. The van der Waals surface area contributed by atoms with Crippen molar-refractivity contribution in [1.29, 1.82) is 0 Å². The minimum absolute atomic E-state index is 0.199. The minimum Gasteiger partial charge on any atom is -0.484 e. The Morgan fingerprint density at radius 1 is 1.14 bits per heavy atom. The van der Waals surface area contributed by atoms with E-state index in [0.717, 1.165) is 15.9 Å². The highest BCUT2D eigenvalue weighted by atomic mass is 16.5. The van der Waals surface area contributed by atoms with Gasteiger partial charge < -0.3 is 10.5 Å². The molecule has 4 rings (SSSR count). The molecule has 0 aliphatic carbocycles. The molecule has 0 radical (unpaired) electrons. The van der Waals surface area contributed by atoms with Gasteiger partial charge in [-0.3, -0.25) is 27.7 Å². The second kappa shape index (κ2) is 6.12. The zero-order valence-corrected chi connectivity index (χ0v) is 15.5. The molecule has 10 heteroatoms. The molecule has 3 heterocycles. The van der Waals surface area contributed by atoms with Crippen molar-refractivity contribution in [1.82, 2.24) is 23.1 Å².